The molecule has 1 aromatic rings. The molecule has 1 saturated carbocycles. The van der Waals surface area contributed by atoms with Gasteiger partial charge >= 0.3 is 0 Å². The second-order valence-corrected chi connectivity index (χ2v) is 10.2. The van der Waals surface area contributed by atoms with E-state index in [-0.39, 0.29) is 11.4 Å². The third kappa shape index (κ3) is 4.37. The van der Waals surface area contributed by atoms with Crippen molar-refractivity contribution in [1.82, 2.24) is 9.29 Å². The SMILES string of the molecule is CS(=O)(=O)N1CCC(Oc2ccc(NS(=O)(=O)C3CC3)cn2)CC1. The molecule has 8 nitrogen and oxygen atoms in total. The molecule has 0 atom stereocenters. The third-order valence-electron chi connectivity index (χ3n) is 4.12. The summed E-state index contributed by atoms with van der Waals surface area (Å²) in [6.07, 6.45) is 5.16. The summed E-state index contributed by atoms with van der Waals surface area (Å²) in [7, 11) is -6.44. The number of anilines is 1. The molecule has 2 heterocycles. The molecule has 1 aliphatic carbocycles. The fourth-order valence-corrected chi connectivity index (χ4v) is 4.84. The van der Waals surface area contributed by atoms with Crippen LogP contribution >= 0.6 is 0 Å². The summed E-state index contributed by atoms with van der Waals surface area (Å²) in [6, 6.07) is 3.24. The average molecular weight is 375 g/mol. The minimum absolute atomic E-state index is 0.0931. The molecule has 0 unspecified atom stereocenters. The van der Waals surface area contributed by atoms with Gasteiger partial charge in [-0.15, -0.1) is 0 Å². The van der Waals surface area contributed by atoms with Gasteiger partial charge in [0, 0.05) is 19.2 Å². The first-order valence-electron chi connectivity index (χ1n) is 7.83. The Morgan fingerprint density at radius 2 is 1.79 bits per heavy atom. The van der Waals surface area contributed by atoms with E-state index in [1.807, 2.05) is 0 Å². The molecular formula is C14H21N3O5S2. The van der Waals surface area contributed by atoms with E-state index >= 15 is 0 Å². The molecule has 1 aliphatic heterocycles. The van der Waals surface area contributed by atoms with Gasteiger partial charge in [0.1, 0.15) is 6.10 Å². The van der Waals surface area contributed by atoms with E-state index in [2.05, 4.69) is 9.71 Å². The Kier molecular flexibility index (Phi) is 4.71. The summed E-state index contributed by atoms with van der Waals surface area (Å²) in [4.78, 5) is 4.12. The minimum Gasteiger partial charge on any atom is -0.474 e. The number of hydrogen-bond acceptors (Lipinski definition) is 6. The van der Waals surface area contributed by atoms with Crippen molar-refractivity contribution in [1.29, 1.82) is 0 Å². The van der Waals surface area contributed by atoms with Gasteiger partial charge in [-0.05, 0) is 31.7 Å². The number of piperidine rings is 1. The Balaban J connectivity index is 1.53. The van der Waals surface area contributed by atoms with Crippen LogP contribution in [0.4, 0.5) is 5.69 Å². The molecule has 24 heavy (non-hydrogen) atoms. The Bertz CT molecular complexity index is 780. The highest BCUT2D eigenvalue weighted by atomic mass is 32.2. The second kappa shape index (κ2) is 6.49. The number of rotatable bonds is 6. The van der Waals surface area contributed by atoms with Crippen LogP contribution in [0.15, 0.2) is 18.3 Å². The van der Waals surface area contributed by atoms with Crippen LogP contribution in [0.1, 0.15) is 25.7 Å². The lowest BCUT2D eigenvalue weighted by Crippen LogP contribution is -2.41. The van der Waals surface area contributed by atoms with E-state index < -0.39 is 20.0 Å². The summed E-state index contributed by atoms with van der Waals surface area (Å²) in [5, 5.41) is -0.284. The number of nitrogens with one attached hydrogen (secondary N) is 1. The molecule has 0 aromatic carbocycles. The van der Waals surface area contributed by atoms with Gasteiger partial charge in [-0.1, -0.05) is 0 Å². The van der Waals surface area contributed by atoms with Crippen LogP contribution in [0.2, 0.25) is 0 Å². The molecule has 2 aliphatic rings. The molecule has 0 bridgehead atoms. The predicted molar refractivity (Wildman–Crippen MR) is 89.9 cm³/mol. The summed E-state index contributed by atoms with van der Waals surface area (Å²) in [5.74, 6) is 0.405. The van der Waals surface area contributed by atoms with Crippen molar-refractivity contribution in [2.75, 3.05) is 24.1 Å². The molecule has 0 amide bonds. The topological polar surface area (TPSA) is 106 Å². The average Bonchev–Trinajstić information content (AvgIpc) is 3.34. The van der Waals surface area contributed by atoms with Crippen molar-refractivity contribution in [3.8, 4) is 5.88 Å². The molecule has 0 spiro atoms. The van der Waals surface area contributed by atoms with E-state index in [1.165, 1.54) is 16.8 Å². The number of hydrogen-bond donors (Lipinski definition) is 1. The van der Waals surface area contributed by atoms with Crippen LogP contribution in [0, 0.1) is 0 Å². The lowest BCUT2D eigenvalue weighted by Gasteiger charge is -2.30. The molecule has 134 valence electrons. The van der Waals surface area contributed by atoms with Gasteiger partial charge in [-0.25, -0.2) is 26.1 Å². The number of pyridine rings is 1. The molecular weight excluding hydrogens is 354 g/mol. The molecule has 1 saturated heterocycles. The maximum Gasteiger partial charge on any atom is 0.235 e. The fourth-order valence-electron chi connectivity index (χ4n) is 2.59. The third-order valence-corrected chi connectivity index (χ3v) is 7.29. The van der Waals surface area contributed by atoms with Crippen molar-refractivity contribution in [2.24, 2.45) is 0 Å². The first kappa shape index (κ1) is 17.4. The lowest BCUT2D eigenvalue weighted by atomic mass is 10.1. The zero-order valence-electron chi connectivity index (χ0n) is 13.4. The molecule has 1 aromatic heterocycles. The van der Waals surface area contributed by atoms with E-state index in [0.29, 0.717) is 50.3 Å². The molecule has 1 N–H and O–H groups in total. The van der Waals surface area contributed by atoms with Crippen LogP contribution in [0.3, 0.4) is 0 Å². The van der Waals surface area contributed by atoms with Crippen molar-refractivity contribution in [3.05, 3.63) is 18.3 Å². The zero-order valence-corrected chi connectivity index (χ0v) is 15.0. The zero-order chi connectivity index (χ0) is 17.4. The van der Waals surface area contributed by atoms with Gasteiger partial charge in [-0.3, -0.25) is 4.72 Å². The summed E-state index contributed by atoms with van der Waals surface area (Å²) in [6.45, 7) is 0.867. The van der Waals surface area contributed by atoms with E-state index in [4.69, 9.17) is 4.74 Å². The van der Waals surface area contributed by atoms with E-state index in [9.17, 15) is 16.8 Å². The highest BCUT2D eigenvalue weighted by Crippen LogP contribution is 2.29. The summed E-state index contributed by atoms with van der Waals surface area (Å²) < 4.78 is 56.4. The predicted octanol–water partition coefficient (Wildman–Crippen LogP) is 0.788. The fraction of sp³-hybridized carbons (Fsp3) is 0.643. The van der Waals surface area contributed by atoms with Gasteiger partial charge in [0.25, 0.3) is 0 Å². The van der Waals surface area contributed by atoms with E-state index in [0.717, 1.165) is 0 Å². The van der Waals surface area contributed by atoms with Gasteiger partial charge in [-0.2, -0.15) is 0 Å². The first-order valence-corrected chi connectivity index (χ1v) is 11.2. The van der Waals surface area contributed by atoms with Crippen LogP contribution in [-0.2, 0) is 20.0 Å². The quantitative estimate of drug-likeness (QED) is 0.788. The molecule has 3 rings (SSSR count). The van der Waals surface area contributed by atoms with Crippen LogP contribution in [0.25, 0.3) is 0 Å². The maximum atomic E-state index is 11.9. The summed E-state index contributed by atoms with van der Waals surface area (Å²) >= 11 is 0. The highest BCUT2D eigenvalue weighted by molar-refractivity contribution is 7.93. The number of aromatic nitrogens is 1. The highest BCUT2D eigenvalue weighted by Gasteiger charge is 2.35. The summed E-state index contributed by atoms with van der Waals surface area (Å²) in [5.41, 5.74) is 0.418. The maximum absolute atomic E-state index is 11.9. The molecule has 2 fully saturated rings. The lowest BCUT2D eigenvalue weighted by molar-refractivity contribution is 0.130. The molecule has 0 radical (unpaired) electrons. The largest absolute Gasteiger partial charge is 0.474 e. The van der Waals surface area contributed by atoms with Crippen molar-refractivity contribution in [3.63, 3.8) is 0 Å². The van der Waals surface area contributed by atoms with Crippen LogP contribution in [0.5, 0.6) is 5.88 Å². The molecule has 10 heteroatoms. The van der Waals surface area contributed by atoms with Crippen LogP contribution in [-0.4, -0.2) is 56.8 Å². The van der Waals surface area contributed by atoms with Crippen molar-refractivity contribution < 1.29 is 21.6 Å². The second-order valence-electron chi connectivity index (χ2n) is 6.21. The Labute approximate surface area is 142 Å². The first-order chi connectivity index (χ1) is 11.2. The monoisotopic (exact) mass is 375 g/mol. The van der Waals surface area contributed by atoms with Gasteiger partial charge in [0.05, 0.1) is 23.4 Å². The number of ether oxygens (including phenoxy) is 1. The van der Waals surface area contributed by atoms with E-state index in [1.54, 1.807) is 12.1 Å². The van der Waals surface area contributed by atoms with Gasteiger partial charge < -0.3 is 4.74 Å². The minimum atomic E-state index is -3.29. The normalized spacial score (nSPS) is 20.7. The Morgan fingerprint density at radius 3 is 2.29 bits per heavy atom. The Hall–Kier alpha value is -1.39. The standard InChI is InChI=1S/C14H21N3O5S2/c1-23(18,19)17-8-6-12(7-9-17)22-14-5-2-11(10-15-14)16-24(20,21)13-3-4-13/h2,5,10,12-13,16H,3-4,6-9H2,1H3. The number of nitrogens with zero attached hydrogens (tertiary/aromatic N) is 2. The van der Waals surface area contributed by atoms with Crippen molar-refractivity contribution >= 4 is 25.7 Å². The van der Waals surface area contributed by atoms with Crippen molar-refractivity contribution in [2.45, 2.75) is 37.0 Å². The Morgan fingerprint density at radius 1 is 1.12 bits per heavy atom. The smallest absolute Gasteiger partial charge is 0.235 e. The van der Waals surface area contributed by atoms with Gasteiger partial charge in [0.15, 0.2) is 0 Å². The van der Waals surface area contributed by atoms with Crippen LogP contribution < -0.4 is 9.46 Å². The van der Waals surface area contributed by atoms with Gasteiger partial charge in [0.2, 0.25) is 25.9 Å². The number of sulfonamides is 2.